The summed E-state index contributed by atoms with van der Waals surface area (Å²) in [6, 6.07) is 9.40. The summed E-state index contributed by atoms with van der Waals surface area (Å²) in [5.74, 6) is 0.999. The Labute approximate surface area is 109 Å². The molecule has 0 aliphatic rings. The normalized spacial score (nSPS) is 10.6. The predicted molar refractivity (Wildman–Crippen MR) is 69.2 cm³/mol. The van der Waals surface area contributed by atoms with Crippen molar-refractivity contribution >= 4 is 6.29 Å². The van der Waals surface area contributed by atoms with Crippen LogP contribution in [0.4, 0.5) is 0 Å². The number of furan rings is 1. The van der Waals surface area contributed by atoms with E-state index in [4.69, 9.17) is 4.42 Å². The minimum atomic E-state index is 0.323. The molecule has 0 saturated carbocycles. The number of carbonyl (C=O) groups excluding carboxylic acids is 1. The van der Waals surface area contributed by atoms with Crippen molar-refractivity contribution in [2.75, 3.05) is 0 Å². The molecule has 0 atom stereocenters. The summed E-state index contributed by atoms with van der Waals surface area (Å²) in [7, 11) is 0. The van der Waals surface area contributed by atoms with Gasteiger partial charge in [0.1, 0.15) is 18.4 Å². The Balaban J connectivity index is 2.10. The van der Waals surface area contributed by atoms with Gasteiger partial charge in [-0.25, -0.2) is 0 Å². The molecule has 3 aromatic rings. The van der Waals surface area contributed by atoms with Crippen LogP contribution in [0, 0.1) is 6.92 Å². The van der Waals surface area contributed by atoms with Gasteiger partial charge in [0, 0.05) is 11.3 Å². The van der Waals surface area contributed by atoms with Crippen molar-refractivity contribution in [3.05, 3.63) is 54.3 Å². The molecule has 0 aliphatic carbocycles. The third-order valence-electron chi connectivity index (χ3n) is 2.95. The van der Waals surface area contributed by atoms with Gasteiger partial charge in [0.25, 0.3) is 0 Å². The van der Waals surface area contributed by atoms with E-state index in [0.717, 1.165) is 16.8 Å². The molecule has 0 saturated heterocycles. The fourth-order valence-electron chi connectivity index (χ4n) is 1.93. The summed E-state index contributed by atoms with van der Waals surface area (Å²) in [5, 5.41) is 7.57. The summed E-state index contributed by atoms with van der Waals surface area (Å²) in [5.41, 5.74) is 2.96. The number of nitrogens with zero attached hydrogens (tertiary/aromatic N) is 3. The van der Waals surface area contributed by atoms with Crippen molar-refractivity contribution < 1.29 is 9.21 Å². The quantitative estimate of drug-likeness (QED) is 0.673. The number of rotatable bonds is 3. The minimum Gasteiger partial charge on any atom is -0.453 e. The van der Waals surface area contributed by atoms with Crippen molar-refractivity contribution in [3.8, 4) is 17.0 Å². The molecular formula is C14H11N3O2. The Morgan fingerprint density at radius 1 is 1.16 bits per heavy atom. The molecule has 19 heavy (non-hydrogen) atoms. The number of benzene rings is 1. The molecule has 0 amide bonds. The van der Waals surface area contributed by atoms with E-state index in [1.54, 1.807) is 24.8 Å². The summed E-state index contributed by atoms with van der Waals surface area (Å²) >= 11 is 0. The highest BCUT2D eigenvalue weighted by Gasteiger charge is 2.09. The van der Waals surface area contributed by atoms with E-state index in [2.05, 4.69) is 10.2 Å². The lowest BCUT2D eigenvalue weighted by Crippen LogP contribution is -1.92. The maximum Gasteiger partial charge on any atom is 0.185 e. The molecule has 0 bridgehead atoms. The molecule has 0 aliphatic heterocycles. The topological polar surface area (TPSA) is 60.9 Å². The maximum atomic E-state index is 10.7. The second-order valence-corrected chi connectivity index (χ2v) is 4.19. The largest absolute Gasteiger partial charge is 0.453 e. The number of carbonyl (C=O) groups is 1. The van der Waals surface area contributed by atoms with Gasteiger partial charge in [0.15, 0.2) is 12.0 Å². The molecule has 0 fully saturated rings. The Morgan fingerprint density at radius 3 is 2.63 bits per heavy atom. The average Bonchev–Trinajstić information content (AvgIpc) is 3.10. The number of aryl methyl sites for hydroxylation is 1. The van der Waals surface area contributed by atoms with Crippen molar-refractivity contribution in [1.29, 1.82) is 0 Å². The summed E-state index contributed by atoms with van der Waals surface area (Å²) in [6.07, 6.45) is 3.96. The SMILES string of the molecule is Cc1ccc(-n2cnnc2)cc1-c1ccc(C=O)o1. The van der Waals surface area contributed by atoms with Crippen LogP contribution in [0.25, 0.3) is 17.0 Å². The van der Waals surface area contributed by atoms with Gasteiger partial charge in [-0.1, -0.05) is 6.07 Å². The molecule has 2 aromatic heterocycles. The van der Waals surface area contributed by atoms with Crippen molar-refractivity contribution in [3.63, 3.8) is 0 Å². The summed E-state index contributed by atoms with van der Waals surface area (Å²) < 4.78 is 7.28. The monoisotopic (exact) mass is 253 g/mol. The molecule has 5 nitrogen and oxygen atoms in total. The molecule has 0 spiro atoms. The molecule has 0 radical (unpaired) electrons. The molecule has 0 unspecified atom stereocenters. The lowest BCUT2D eigenvalue weighted by Gasteiger charge is -2.07. The number of aromatic nitrogens is 3. The molecule has 1 aromatic carbocycles. The lowest BCUT2D eigenvalue weighted by molar-refractivity contribution is 0.110. The van der Waals surface area contributed by atoms with E-state index in [9.17, 15) is 4.79 Å². The predicted octanol–water partition coefficient (Wildman–Crippen LogP) is 2.65. The molecule has 3 rings (SSSR count). The fraction of sp³-hybridized carbons (Fsp3) is 0.0714. The van der Waals surface area contributed by atoms with Gasteiger partial charge in [-0.3, -0.25) is 9.36 Å². The first-order chi connectivity index (χ1) is 9.28. The van der Waals surface area contributed by atoms with Crippen LogP contribution in [-0.2, 0) is 0 Å². The van der Waals surface area contributed by atoms with Crippen molar-refractivity contribution in [2.45, 2.75) is 6.92 Å². The smallest absolute Gasteiger partial charge is 0.185 e. The van der Waals surface area contributed by atoms with Gasteiger partial charge in [0.05, 0.1) is 0 Å². The first-order valence-electron chi connectivity index (χ1n) is 5.79. The van der Waals surface area contributed by atoms with Crippen LogP contribution in [0.5, 0.6) is 0 Å². The van der Waals surface area contributed by atoms with E-state index in [-0.39, 0.29) is 0 Å². The third-order valence-corrected chi connectivity index (χ3v) is 2.95. The van der Waals surface area contributed by atoms with Gasteiger partial charge in [-0.2, -0.15) is 0 Å². The van der Waals surface area contributed by atoms with Crippen LogP contribution in [-0.4, -0.2) is 21.1 Å². The summed E-state index contributed by atoms with van der Waals surface area (Å²) in [4.78, 5) is 10.7. The number of hydrogen-bond acceptors (Lipinski definition) is 4. The Hall–Kier alpha value is -2.69. The first kappa shape index (κ1) is 11.4. The lowest BCUT2D eigenvalue weighted by atomic mass is 10.1. The second kappa shape index (κ2) is 4.53. The van der Waals surface area contributed by atoms with Crippen LogP contribution in [0.2, 0.25) is 0 Å². The van der Waals surface area contributed by atoms with E-state index in [0.29, 0.717) is 17.8 Å². The highest BCUT2D eigenvalue weighted by atomic mass is 16.3. The van der Waals surface area contributed by atoms with Gasteiger partial charge < -0.3 is 4.42 Å². The van der Waals surface area contributed by atoms with Crippen LogP contribution in [0.1, 0.15) is 16.1 Å². The standard InChI is InChI=1S/C14H11N3O2/c1-10-2-3-11(17-8-15-16-9-17)6-13(10)14-5-4-12(7-18)19-14/h2-9H,1H3. The van der Waals surface area contributed by atoms with Crippen molar-refractivity contribution in [1.82, 2.24) is 14.8 Å². The van der Waals surface area contributed by atoms with Crippen LogP contribution < -0.4 is 0 Å². The molecule has 0 N–H and O–H groups in total. The highest BCUT2D eigenvalue weighted by molar-refractivity contribution is 5.74. The van der Waals surface area contributed by atoms with Crippen LogP contribution >= 0.6 is 0 Å². The molecule has 94 valence electrons. The third kappa shape index (κ3) is 2.06. The minimum absolute atomic E-state index is 0.323. The van der Waals surface area contributed by atoms with E-state index in [1.165, 1.54) is 0 Å². The van der Waals surface area contributed by atoms with Crippen LogP contribution in [0.3, 0.4) is 0 Å². The summed E-state index contributed by atoms with van der Waals surface area (Å²) in [6.45, 7) is 1.99. The molecular weight excluding hydrogens is 242 g/mol. The van der Waals surface area contributed by atoms with Crippen LogP contribution in [0.15, 0.2) is 47.4 Å². The fourth-order valence-corrected chi connectivity index (χ4v) is 1.93. The van der Waals surface area contributed by atoms with E-state index in [1.807, 2.05) is 29.7 Å². The van der Waals surface area contributed by atoms with E-state index >= 15 is 0 Å². The van der Waals surface area contributed by atoms with E-state index < -0.39 is 0 Å². The molecule has 2 heterocycles. The highest BCUT2D eigenvalue weighted by Crippen LogP contribution is 2.27. The zero-order valence-corrected chi connectivity index (χ0v) is 10.3. The Morgan fingerprint density at radius 2 is 1.95 bits per heavy atom. The van der Waals surface area contributed by atoms with Gasteiger partial charge in [-0.15, -0.1) is 10.2 Å². The van der Waals surface area contributed by atoms with Crippen molar-refractivity contribution in [2.24, 2.45) is 0 Å². The zero-order chi connectivity index (χ0) is 13.2. The maximum absolute atomic E-state index is 10.7. The number of hydrogen-bond donors (Lipinski definition) is 0. The van der Waals surface area contributed by atoms with Gasteiger partial charge >= 0.3 is 0 Å². The Bertz CT molecular complexity index is 714. The van der Waals surface area contributed by atoms with Gasteiger partial charge in [0.2, 0.25) is 0 Å². The number of aldehydes is 1. The average molecular weight is 253 g/mol. The Kier molecular flexibility index (Phi) is 2.72. The first-order valence-corrected chi connectivity index (χ1v) is 5.79. The van der Waals surface area contributed by atoms with Gasteiger partial charge in [-0.05, 0) is 36.8 Å². The second-order valence-electron chi connectivity index (χ2n) is 4.19. The zero-order valence-electron chi connectivity index (χ0n) is 10.3. The molecule has 5 heteroatoms.